The number of carbonyl (C=O) groups excluding carboxylic acids is 1. The van der Waals surface area contributed by atoms with Gasteiger partial charge in [0.25, 0.3) is 5.91 Å². The van der Waals surface area contributed by atoms with E-state index in [1.165, 1.54) is 0 Å². The number of rotatable bonds is 6. The van der Waals surface area contributed by atoms with Gasteiger partial charge < -0.3 is 10.1 Å². The maximum Gasteiger partial charge on any atom is 0.252 e. The second kappa shape index (κ2) is 8.25. The zero-order chi connectivity index (χ0) is 15.9. The summed E-state index contributed by atoms with van der Waals surface area (Å²) in [5.41, 5.74) is 1.54. The number of amides is 1. The lowest BCUT2D eigenvalue weighted by atomic mass is 10.0. The van der Waals surface area contributed by atoms with Gasteiger partial charge in [-0.2, -0.15) is 0 Å². The summed E-state index contributed by atoms with van der Waals surface area (Å²) < 4.78 is 5.42. The Bertz CT molecular complexity index is 467. The molecule has 1 fully saturated rings. The van der Waals surface area contributed by atoms with E-state index in [0.29, 0.717) is 24.1 Å². The molecule has 1 atom stereocenters. The molecule has 0 radical (unpaired) electrons. The van der Waals surface area contributed by atoms with Gasteiger partial charge in [0.05, 0.1) is 18.8 Å². The molecule has 1 unspecified atom stereocenters. The standard InChI is InChI=1S/C17H27N3O2/c1-13(2)10-16(20-6-8-22-9-7-20)12-19-17(21)15-5-4-14(3)18-11-15/h4-5,11,13,16H,6-10,12H2,1-3H3,(H,19,21). The molecule has 122 valence electrons. The number of aromatic nitrogens is 1. The third kappa shape index (κ3) is 5.07. The van der Waals surface area contributed by atoms with Crippen LogP contribution in [0, 0.1) is 12.8 Å². The van der Waals surface area contributed by atoms with E-state index in [-0.39, 0.29) is 5.91 Å². The van der Waals surface area contributed by atoms with Crippen molar-refractivity contribution in [2.45, 2.75) is 33.2 Å². The lowest BCUT2D eigenvalue weighted by molar-refractivity contribution is 0.0124. The number of nitrogens with one attached hydrogen (secondary N) is 1. The van der Waals surface area contributed by atoms with Gasteiger partial charge in [-0.15, -0.1) is 0 Å². The molecule has 1 aromatic heterocycles. The van der Waals surface area contributed by atoms with Gasteiger partial charge in [-0.3, -0.25) is 14.7 Å². The molecule has 0 bridgehead atoms. The van der Waals surface area contributed by atoms with E-state index in [1.54, 1.807) is 6.20 Å². The number of carbonyl (C=O) groups is 1. The van der Waals surface area contributed by atoms with Crippen LogP contribution in [0.25, 0.3) is 0 Å². The Morgan fingerprint density at radius 2 is 2.09 bits per heavy atom. The van der Waals surface area contributed by atoms with Gasteiger partial charge in [-0.05, 0) is 31.4 Å². The highest BCUT2D eigenvalue weighted by atomic mass is 16.5. The van der Waals surface area contributed by atoms with Gasteiger partial charge in [-0.25, -0.2) is 0 Å². The fourth-order valence-corrected chi connectivity index (χ4v) is 2.76. The maximum atomic E-state index is 12.2. The first kappa shape index (κ1) is 16.9. The Kier molecular flexibility index (Phi) is 6.34. The SMILES string of the molecule is Cc1ccc(C(=O)NCC(CC(C)C)N2CCOCC2)cn1. The molecule has 22 heavy (non-hydrogen) atoms. The van der Waals surface area contributed by atoms with Crippen LogP contribution in [0.1, 0.15) is 36.3 Å². The Balaban J connectivity index is 1.91. The maximum absolute atomic E-state index is 12.2. The summed E-state index contributed by atoms with van der Waals surface area (Å²) in [6.07, 6.45) is 2.71. The molecule has 5 heteroatoms. The number of ether oxygens (including phenoxy) is 1. The fourth-order valence-electron chi connectivity index (χ4n) is 2.76. The van der Waals surface area contributed by atoms with Crippen molar-refractivity contribution in [3.8, 4) is 0 Å². The monoisotopic (exact) mass is 305 g/mol. The summed E-state index contributed by atoms with van der Waals surface area (Å²) in [5, 5.41) is 3.06. The van der Waals surface area contributed by atoms with Crippen molar-refractivity contribution in [1.82, 2.24) is 15.2 Å². The molecular weight excluding hydrogens is 278 g/mol. The number of nitrogens with zero attached hydrogens (tertiary/aromatic N) is 2. The molecule has 2 heterocycles. The molecule has 1 amide bonds. The van der Waals surface area contributed by atoms with Crippen LogP contribution < -0.4 is 5.32 Å². The van der Waals surface area contributed by atoms with Crippen molar-refractivity contribution in [2.24, 2.45) is 5.92 Å². The fraction of sp³-hybridized carbons (Fsp3) is 0.647. The summed E-state index contributed by atoms with van der Waals surface area (Å²) in [4.78, 5) is 18.8. The van der Waals surface area contributed by atoms with Crippen molar-refractivity contribution in [3.05, 3.63) is 29.6 Å². The molecule has 1 aromatic rings. The van der Waals surface area contributed by atoms with Crippen molar-refractivity contribution < 1.29 is 9.53 Å². The summed E-state index contributed by atoms with van der Waals surface area (Å²) in [6.45, 7) is 10.5. The lowest BCUT2D eigenvalue weighted by Gasteiger charge is -2.35. The zero-order valence-corrected chi connectivity index (χ0v) is 13.8. The van der Waals surface area contributed by atoms with E-state index < -0.39 is 0 Å². The first-order chi connectivity index (χ1) is 10.6. The Morgan fingerprint density at radius 3 is 2.68 bits per heavy atom. The van der Waals surface area contributed by atoms with Crippen molar-refractivity contribution >= 4 is 5.91 Å². The molecule has 1 saturated heterocycles. The first-order valence-corrected chi connectivity index (χ1v) is 8.09. The number of pyridine rings is 1. The molecule has 0 aliphatic carbocycles. The van der Waals surface area contributed by atoms with E-state index in [2.05, 4.69) is 29.0 Å². The third-order valence-corrected chi connectivity index (χ3v) is 3.98. The molecule has 1 aliphatic rings. The van der Waals surface area contributed by atoms with Crippen molar-refractivity contribution in [1.29, 1.82) is 0 Å². The second-order valence-electron chi connectivity index (χ2n) is 6.33. The van der Waals surface area contributed by atoms with Crippen LogP contribution in [0.15, 0.2) is 18.3 Å². The van der Waals surface area contributed by atoms with Gasteiger partial charge in [-0.1, -0.05) is 13.8 Å². The van der Waals surface area contributed by atoms with Gasteiger partial charge in [0, 0.05) is 37.6 Å². The largest absolute Gasteiger partial charge is 0.379 e. The van der Waals surface area contributed by atoms with Crippen LogP contribution in [0.4, 0.5) is 0 Å². The van der Waals surface area contributed by atoms with Crippen LogP contribution >= 0.6 is 0 Å². The molecule has 2 rings (SSSR count). The summed E-state index contributed by atoms with van der Waals surface area (Å²) in [6, 6.07) is 4.05. The minimum Gasteiger partial charge on any atom is -0.379 e. The molecule has 0 aromatic carbocycles. The average molecular weight is 305 g/mol. The number of hydrogen-bond donors (Lipinski definition) is 1. The normalized spacial score (nSPS) is 17.5. The highest BCUT2D eigenvalue weighted by Crippen LogP contribution is 2.13. The van der Waals surface area contributed by atoms with E-state index >= 15 is 0 Å². The summed E-state index contributed by atoms with van der Waals surface area (Å²) >= 11 is 0. The van der Waals surface area contributed by atoms with Gasteiger partial charge in [0.1, 0.15) is 0 Å². The Labute approximate surface area is 133 Å². The molecular formula is C17H27N3O2. The van der Waals surface area contributed by atoms with Crippen LogP contribution in [-0.2, 0) is 4.74 Å². The van der Waals surface area contributed by atoms with Crippen molar-refractivity contribution in [3.63, 3.8) is 0 Å². The first-order valence-electron chi connectivity index (χ1n) is 8.09. The van der Waals surface area contributed by atoms with E-state index in [4.69, 9.17) is 4.74 Å². The quantitative estimate of drug-likeness (QED) is 0.872. The van der Waals surface area contributed by atoms with E-state index in [0.717, 1.165) is 38.4 Å². The van der Waals surface area contributed by atoms with Crippen LogP contribution in [0.3, 0.4) is 0 Å². The molecule has 0 spiro atoms. The molecule has 1 aliphatic heterocycles. The van der Waals surface area contributed by atoms with E-state index in [1.807, 2.05) is 19.1 Å². The van der Waals surface area contributed by atoms with E-state index in [9.17, 15) is 4.79 Å². The predicted octanol–water partition coefficient (Wildman–Crippen LogP) is 1.87. The van der Waals surface area contributed by atoms with Gasteiger partial charge in [0.15, 0.2) is 0 Å². The molecule has 1 N–H and O–H groups in total. The van der Waals surface area contributed by atoms with Crippen LogP contribution in [0.5, 0.6) is 0 Å². The predicted molar refractivity (Wildman–Crippen MR) is 86.9 cm³/mol. The van der Waals surface area contributed by atoms with Crippen LogP contribution in [-0.4, -0.2) is 54.7 Å². The topological polar surface area (TPSA) is 54.5 Å². The smallest absolute Gasteiger partial charge is 0.252 e. The highest BCUT2D eigenvalue weighted by Gasteiger charge is 2.22. The summed E-state index contributed by atoms with van der Waals surface area (Å²) in [5.74, 6) is 0.556. The van der Waals surface area contributed by atoms with Crippen LogP contribution in [0.2, 0.25) is 0 Å². The van der Waals surface area contributed by atoms with Gasteiger partial charge in [0.2, 0.25) is 0 Å². The zero-order valence-electron chi connectivity index (χ0n) is 13.8. The van der Waals surface area contributed by atoms with Gasteiger partial charge >= 0.3 is 0 Å². The number of hydrogen-bond acceptors (Lipinski definition) is 4. The Hall–Kier alpha value is -1.46. The van der Waals surface area contributed by atoms with Crippen molar-refractivity contribution in [2.75, 3.05) is 32.8 Å². The third-order valence-electron chi connectivity index (χ3n) is 3.98. The minimum atomic E-state index is -0.0467. The second-order valence-corrected chi connectivity index (χ2v) is 6.33. The number of aryl methyl sites for hydroxylation is 1. The average Bonchev–Trinajstić information content (AvgIpc) is 2.52. The minimum absolute atomic E-state index is 0.0467. The molecule has 0 saturated carbocycles. The lowest BCUT2D eigenvalue weighted by Crippen LogP contribution is -2.49. The molecule has 5 nitrogen and oxygen atoms in total. The summed E-state index contributed by atoms with van der Waals surface area (Å²) in [7, 11) is 0. The highest BCUT2D eigenvalue weighted by molar-refractivity contribution is 5.93. The number of morpholine rings is 1. The Morgan fingerprint density at radius 1 is 1.36 bits per heavy atom.